The van der Waals surface area contributed by atoms with E-state index in [4.69, 9.17) is 9.72 Å². The molecule has 0 spiro atoms. The predicted molar refractivity (Wildman–Crippen MR) is 108 cm³/mol. The summed E-state index contributed by atoms with van der Waals surface area (Å²) in [6.45, 7) is 8.49. The minimum Gasteiger partial charge on any atom is -0.444 e. The van der Waals surface area contributed by atoms with E-state index < -0.39 is 5.60 Å². The molecule has 1 radical (unpaired) electrons. The molecular weight excluding hydrogens is 337 g/mol. The Morgan fingerprint density at radius 1 is 1.33 bits per heavy atom. The second-order valence-corrected chi connectivity index (χ2v) is 8.49. The molecule has 27 heavy (non-hydrogen) atoms. The minimum absolute atomic E-state index is 0.0304. The number of ether oxygens (including phenoxy) is 1. The summed E-state index contributed by atoms with van der Waals surface area (Å²) in [5.74, 6) is 0.891. The summed E-state index contributed by atoms with van der Waals surface area (Å²) in [7, 11) is 2.13. The molecule has 1 fully saturated rings. The van der Waals surface area contributed by atoms with Crippen molar-refractivity contribution >= 4 is 18.8 Å². The number of aryl methyl sites for hydroxylation is 2. The molecule has 5 nitrogen and oxygen atoms in total. The van der Waals surface area contributed by atoms with Crippen LogP contribution in [0.25, 0.3) is 11.3 Å². The fourth-order valence-corrected chi connectivity index (χ4v) is 4.07. The first-order valence-electron chi connectivity index (χ1n) is 9.87. The van der Waals surface area contributed by atoms with Gasteiger partial charge in [-0.25, -0.2) is 9.78 Å². The largest absolute Gasteiger partial charge is 0.444 e. The number of likely N-dealkylation sites (tertiary alicyclic amines) is 1. The topological polar surface area (TPSA) is 58.2 Å². The highest BCUT2D eigenvalue weighted by molar-refractivity contribution is 6.51. The lowest BCUT2D eigenvalue weighted by molar-refractivity contribution is 0.0218. The highest BCUT2D eigenvalue weighted by atomic mass is 16.6. The van der Waals surface area contributed by atoms with Crippen molar-refractivity contribution in [2.45, 2.75) is 64.9 Å². The van der Waals surface area contributed by atoms with Gasteiger partial charge in [0.2, 0.25) is 0 Å². The maximum atomic E-state index is 12.6. The van der Waals surface area contributed by atoms with Crippen LogP contribution in [0.4, 0.5) is 4.79 Å². The fourth-order valence-electron chi connectivity index (χ4n) is 4.07. The number of imidazole rings is 1. The summed E-state index contributed by atoms with van der Waals surface area (Å²) in [4.78, 5) is 22.9. The molecule has 1 aromatic carbocycles. The number of carbonyl (C=O) groups is 1. The van der Waals surface area contributed by atoms with Crippen LogP contribution < -0.4 is 5.46 Å². The van der Waals surface area contributed by atoms with Crippen molar-refractivity contribution in [3.05, 3.63) is 35.3 Å². The van der Waals surface area contributed by atoms with Crippen molar-refractivity contribution in [3.63, 3.8) is 0 Å². The first-order chi connectivity index (χ1) is 12.9. The Balaban J connectivity index is 1.63. The predicted octanol–water partition coefficient (Wildman–Crippen LogP) is 3.62. The number of nitrogens with one attached hydrogen (secondary N) is 1. The van der Waals surface area contributed by atoms with Gasteiger partial charge in [-0.05, 0) is 52.0 Å². The Morgan fingerprint density at radius 2 is 2.15 bits per heavy atom. The average Bonchev–Trinajstić information content (AvgIpc) is 3.26. The monoisotopic (exact) mass is 364 g/mol. The van der Waals surface area contributed by atoms with E-state index in [9.17, 15) is 4.79 Å². The van der Waals surface area contributed by atoms with Crippen molar-refractivity contribution in [2.75, 3.05) is 6.54 Å². The van der Waals surface area contributed by atoms with E-state index in [1.165, 1.54) is 22.3 Å². The van der Waals surface area contributed by atoms with E-state index >= 15 is 0 Å². The Kier molecular flexibility index (Phi) is 4.53. The molecule has 1 aromatic heterocycles. The third-order valence-electron chi connectivity index (χ3n) is 5.36. The van der Waals surface area contributed by atoms with E-state index in [-0.39, 0.29) is 12.1 Å². The molecule has 2 aliphatic rings. The minimum atomic E-state index is -0.487. The number of hydrogen-bond donors (Lipinski definition) is 1. The number of rotatable bonds is 2. The van der Waals surface area contributed by atoms with Crippen LogP contribution in [0.3, 0.4) is 0 Å². The average molecular weight is 364 g/mol. The lowest BCUT2D eigenvalue weighted by atomic mass is 9.71. The van der Waals surface area contributed by atoms with Crippen molar-refractivity contribution in [1.82, 2.24) is 14.9 Å². The Labute approximate surface area is 161 Å². The fraction of sp³-hybridized carbons (Fsp3) is 0.524. The third kappa shape index (κ3) is 3.49. The first kappa shape index (κ1) is 18.1. The van der Waals surface area contributed by atoms with Crippen LogP contribution in [-0.4, -0.2) is 40.4 Å². The van der Waals surface area contributed by atoms with Gasteiger partial charge in [-0.15, -0.1) is 0 Å². The molecule has 1 saturated heterocycles. The maximum absolute atomic E-state index is 12.6. The molecule has 4 rings (SSSR count). The van der Waals surface area contributed by atoms with Gasteiger partial charge in [-0.3, -0.25) is 4.90 Å². The van der Waals surface area contributed by atoms with Gasteiger partial charge in [0, 0.05) is 17.8 Å². The Morgan fingerprint density at radius 3 is 2.89 bits per heavy atom. The van der Waals surface area contributed by atoms with Gasteiger partial charge >= 0.3 is 6.09 Å². The molecule has 1 N–H and O–H groups in total. The molecule has 1 aliphatic heterocycles. The van der Waals surface area contributed by atoms with E-state index in [0.29, 0.717) is 0 Å². The summed E-state index contributed by atoms with van der Waals surface area (Å²) in [5.41, 5.74) is 5.56. The molecule has 2 aromatic rings. The van der Waals surface area contributed by atoms with Gasteiger partial charge in [0.1, 0.15) is 18.7 Å². The van der Waals surface area contributed by atoms with E-state index in [1.807, 2.05) is 25.7 Å². The number of fused-ring (bicyclic) bond motifs is 3. The quantitative estimate of drug-likeness (QED) is 0.828. The molecule has 1 amide bonds. The summed E-state index contributed by atoms with van der Waals surface area (Å²) in [6.07, 6.45) is 3.63. The Hall–Kier alpha value is -2.24. The first-order valence-corrected chi connectivity index (χ1v) is 9.87. The second-order valence-electron chi connectivity index (χ2n) is 8.49. The molecule has 0 saturated carbocycles. The zero-order valence-electron chi connectivity index (χ0n) is 16.6. The maximum Gasteiger partial charge on any atom is 0.410 e. The van der Waals surface area contributed by atoms with E-state index in [2.05, 4.69) is 37.3 Å². The summed E-state index contributed by atoms with van der Waals surface area (Å²) in [6, 6.07) is 6.55. The zero-order valence-corrected chi connectivity index (χ0v) is 16.6. The molecule has 6 heteroatoms. The van der Waals surface area contributed by atoms with Crippen LogP contribution >= 0.6 is 0 Å². The Bertz CT molecular complexity index is 869. The van der Waals surface area contributed by atoms with Crippen molar-refractivity contribution in [1.29, 1.82) is 0 Å². The van der Waals surface area contributed by atoms with Gasteiger partial charge in [-0.1, -0.05) is 30.5 Å². The molecule has 0 bridgehead atoms. The summed E-state index contributed by atoms with van der Waals surface area (Å²) < 4.78 is 5.60. The lowest BCUT2D eigenvalue weighted by Gasteiger charge is -2.27. The number of aromatic amines is 1. The van der Waals surface area contributed by atoms with E-state index in [1.54, 1.807) is 0 Å². The second kappa shape index (κ2) is 6.73. The summed E-state index contributed by atoms with van der Waals surface area (Å²) >= 11 is 0. The van der Waals surface area contributed by atoms with Crippen molar-refractivity contribution in [3.8, 4) is 11.3 Å². The highest BCUT2D eigenvalue weighted by Crippen LogP contribution is 2.36. The SMILES string of the molecule is C[B]c1ccc2c(c1)CCc1[nH]c([C@@H]3CCCN3C(=O)OC(C)(C)C)nc1-2. The van der Waals surface area contributed by atoms with Crippen LogP contribution in [0.5, 0.6) is 0 Å². The van der Waals surface area contributed by atoms with Gasteiger partial charge in [0.25, 0.3) is 0 Å². The normalized spacial score (nSPS) is 18.8. The molecular formula is C21H27BN3O2. The number of amides is 1. The number of carbonyl (C=O) groups excluding carboxylic acids is 1. The number of benzene rings is 1. The summed E-state index contributed by atoms with van der Waals surface area (Å²) in [5, 5.41) is 0. The smallest absolute Gasteiger partial charge is 0.410 e. The van der Waals surface area contributed by atoms with Crippen LogP contribution in [0.1, 0.15) is 56.7 Å². The van der Waals surface area contributed by atoms with Crippen LogP contribution in [-0.2, 0) is 17.6 Å². The van der Waals surface area contributed by atoms with Crippen molar-refractivity contribution < 1.29 is 9.53 Å². The highest BCUT2D eigenvalue weighted by Gasteiger charge is 2.36. The van der Waals surface area contributed by atoms with Gasteiger partial charge < -0.3 is 9.72 Å². The molecule has 141 valence electrons. The zero-order chi connectivity index (χ0) is 19.2. The third-order valence-corrected chi connectivity index (χ3v) is 5.36. The van der Waals surface area contributed by atoms with Crippen LogP contribution in [0.2, 0.25) is 6.82 Å². The number of nitrogens with zero attached hydrogens (tertiary/aromatic N) is 2. The van der Waals surface area contributed by atoms with Gasteiger partial charge in [0.05, 0.1) is 11.7 Å². The lowest BCUT2D eigenvalue weighted by Crippen LogP contribution is -2.36. The number of H-pyrrole nitrogens is 1. The molecule has 1 aliphatic carbocycles. The number of aromatic nitrogens is 2. The van der Waals surface area contributed by atoms with Gasteiger partial charge in [0.15, 0.2) is 0 Å². The van der Waals surface area contributed by atoms with E-state index in [0.717, 1.165) is 43.7 Å². The molecule has 2 heterocycles. The molecule has 1 atom stereocenters. The van der Waals surface area contributed by atoms with Crippen LogP contribution in [0.15, 0.2) is 18.2 Å². The van der Waals surface area contributed by atoms with Gasteiger partial charge in [-0.2, -0.15) is 0 Å². The standard InChI is InChI=1S/C21H27BN3O2/c1-21(2,3)27-20(26)25-11-5-6-17(25)19-23-16-10-7-13-12-14(22-4)8-9-15(13)18(16)24-19/h8-9,12,17H,5-7,10-11H2,1-4H3,(H,23,24)/t17-/m0/s1. The van der Waals surface area contributed by atoms with Crippen LogP contribution in [0, 0.1) is 0 Å². The number of hydrogen-bond acceptors (Lipinski definition) is 3. The van der Waals surface area contributed by atoms with Crippen molar-refractivity contribution in [2.24, 2.45) is 0 Å². The molecule has 0 unspecified atom stereocenters.